The highest BCUT2D eigenvalue weighted by Gasteiger charge is 2.19. The van der Waals surface area contributed by atoms with Gasteiger partial charge in [0, 0.05) is 25.2 Å². The van der Waals surface area contributed by atoms with Crippen LogP contribution in [0.5, 0.6) is 0 Å². The van der Waals surface area contributed by atoms with Gasteiger partial charge in [-0.1, -0.05) is 6.08 Å². The highest BCUT2D eigenvalue weighted by atomic mass is 19.1. The topological polar surface area (TPSA) is 35.5 Å². The zero-order valence-electron chi connectivity index (χ0n) is 11.9. The number of aliphatic hydroxyl groups is 1. The minimum absolute atomic E-state index is 0.275. The predicted molar refractivity (Wildman–Crippen MR) is 76.6 cm³/mol. The van der Waals surface area contributed by atoms with E-state index < -0.39 is 17.7 Å². The lowest BCUT2D eigenvalue weighted by molar-refractivity contribution is 0.0954. The van der Waals surface area contributed by atoms with Crippen molar-refractivity contribution in [1.82, 2.24) is 10.2 Å². The van der Waals surface area contributed by atoms with Crippen LogP contribution in [0.3, 0.4) is 0 Å². The molecule has 0 fully saturated rings. The largest absolute Gasteiger partial charge is 0.390 e. The van der Waals surface area contributed by atoms with E-state index in [-0.39, 0.29) is 6.04 Å². The lowest BCUT2D eigenvalue weighted by Crippen LogP contribution is -2.45. The lowest BCUT2D eigenvalue weighted by atomic mass is 10.0. The maximum atomic E-state index is 13.2. The average molecular weight is 284 g/mol. The van der Waals surface area contributed by atoms with Crippen LogP contribution in [-0.4, -0.2) is 49.3 Å². The summed E-state index contributed by atoms with van der Waals surface area (Å²) in [6.45, 7) is 4.76. The first-order valence-electron chi connectivity index (χ1n) is 6.56. The third-order valence-electron chi connectivity index (χ3n) is 3.15. The van der Waals surface area contributed by atoms with Crippen molar-refractivity contribution in [2.45, 2.75) is 18.6 Å². The summed E-state index contributed by atoms with van der Waals surface area (Å²) in [7, 11) is 3.59. The summed E-state index contributed by atoms with van der Waals surface area (Å²) < 4.78 is 26.3. The maximum absolute atomic E-state index is 13.2. The standard InChI is InChI=1S/C15H22F2N2O/c1-4-5-19(3)10-15(20)14(18-2)8-11-6-12(16)9-13(17)7-11/h4,6-7,9,14-15,18,20H,1,5,8,10H2,2-3H3/t14-,15+/m0/s1. The molecule has 0 radical (unpaired) electrons. The van der Waals surface area contributed by atoms with Crippen LogP contribution in [0.25, 0.3) is 0 Å². The second-order valence-corrected chi connectivity index (χ2v) is 4.95. The summed E-state index contributed by atoms with van der Waals surface area (Å²) in [5, 5.41) is 13.2. The summed E-state index contributed by atoms with van der Waals surface area (Å²) in [6, 6.07) is 3.14. The van der Waals surface area contributed by atoms with E-state index in [0.29, 0.717) is 25.1 Å². The summed E-state index contributed by atoms with van der Waals surface area (Å²) >= 11 is 0. The van der Waals surface area contributed by atoms with Gasteiger partial charge in [0.2, 0.25) is 0 Å². The zero-order valence-corrected chi connectivity index (χ0v) is 11.9. The second-order valence-electron chi connectivity index (χ2n) is 4.95. The molecule has 20 heavy (non-hydrogen) atoms. The number of aliphatic hydroxyl groups excluding tert-OH is 1. The third-order valence-corrected chi connectivity index (χ3v) is 3.15. The van der Waals surface area contributed by atoms with E-state index in [1.807, 2.05) is 11.9 Å². The molecule has 0 amide bonds. The van der Waals surface area contributed by atoms with Crippen molar-refractivity contribution in [2.75, 3.05) is 27.2 Å². The van der Waals surface area contributed by atoms with Gasteiger partial charge in [-0.2, -0.15) is 0 Å². The first-order chi connectivity index (χ1) is 9.46. The number of likely N-dealkylation sites (N-methyl/N-ethyl adjacent to an activating group) is 2. The summed E-state index contributed by atoms with van der Waals surface area (Å²) in [5.41, 5.74) is 0.521. The van der Waals surface area contributed by atoms with Gasteiger partial charge in [-0.25, -0.2) is 8.78 Å². The highest BCUT2D eigenvalue weighted by molar-refractivity contribution is 5.19. The van der Waals surface area contributed by atoms with Gasteiger partial charge < -0.3 is 15.3 Å². The van der Waals surface area contributed by atoms with Crippen LogP contribution in [0.15, 0.2) is 30.9 Å². The Hall–Kier alpha value is -1.30. The van der Waals surface area contributed by atoms with Crippen LogP contribution in [0.1, 0.15) is 5.56 Å². The number of halogens is 2. The Morgan fingerprint density at radius 3 is 2.45 bits per heavy atom. The van der Waals surface area contributed by atoms with E-state index in [0.717, 1.165) is 6.07 Å². The van der Waals surface area contributed by atoms with Crippen LogP contribution in [0.4, 0.5) is 8.78 Å². The molecule has 1 aromatic rings. The molecule has 5 heteroatoms. The Labute approximate surface area is 118 Å². The second kappa shape index (κ2) is 8.09. The molecule has 0 aliphatic heterocycles. The molecule has 1 rings (SSSR count). The van der Waals surface area contributed by atoms with Crippen LogP contribution in [0.2, 0.25) is 0 Å². The van der Waals surface area contributed by atoms with Crippen molar-refractivity contribution in [2.24, 2.45) is 0 Å². The van der Waals surface area contributed by atoms with Crippen LogP contribution < -0.4 is 5.32 Å². The van der Waals surface area contributed by atoms with E-state index >= 15 is 0 Å². The van der Waals surface area contributed by atoms with Gasteiger partial charge in [-0.05, 0) is 38.2 Å². The molecule has 0 aliphatic rings. The Balaban J connectivity index is 2.68. The molecule has 0 saturated carbocycles. The molecule has 0 spiro atoms. The van der Waals surface area contributed by atoms with Gasteiger partial charge in [0.15, 0.2) is 0 Å². The Morgan fingerprint density at radius 1 is 1.35 bits per heavy atom. The van der Waals surface area contributed by atoms with Gasteiger partial charge in [0.1, 0.15) is 11.6 Å². The van der Waals surface area contributed by atoms with E-state index in [1.54, 1.807) is 13.1 Å². The number of nitrogens with zero attached hydrogens (tertiary/aromatic N) is 1. The SMILES string of the molecule is C=CCN(C)C[C@@H](O)[C@H](Cc1cc(F)cc(F)c1)NC. The molecule has 0 bridgehead atoms. The third kappa shape index (κ3) is 5.36. The minimum atomic E-state index is -0.642. The Bertz CT molecular complexity index is 420. The molecule has 1 aromatic carbocycles. The molecular formula is C15H22F2N2O. The number of nitrogens with one attached hydrogen (secondary N) is 1. The molecule has 0 aromatic heterocycles. The van der Waals surface area contributed by atoms with Gasteiger partial charge >= 0.3 is 0 Å². The quantitative estimate of drug-likeness (QED) is 0.711. The number of benzene rings is 1. The summed E-state index contributed by atoms with van der Waals surface area (Å²) in [4.78, 5) is 1.92. The molecular weight excluding hydrogens is 262 g/mol. The lowest BCUT2D eigenvalue weighted by Gasteiger charge is -2.26. The predicted octanol–water partition coefficient (Wildman–Crippen LogP) is 1.57. The normalized spacial score (nSPS) is 14.3. The summed E-state index contributed by atoms with van der Waals surface area (Å²) in [5.74, 6) is -1.21. The molecule has 2 atom stereocenters. The molecule has 0 aliphatic carbocycles. The monoisotopic (exact) mass is 284 g/mol. The van der Waals surface area contributed by atoms with Gasteiger partial charge in [0.25, 0.3) is 0 Å². The van der Waals surface area contributed by atoms with E-state index in [2.05, 4.69) is 11.9 Å². The van der Waals surface area contributed by atoms with Gasteiger partial charge in [-0.3, -0.25) is 0 Å². The van der Waals surface area contributed by atoms with E-state index in [1.165, 1.54) is 12.1 Å². The highest BCUT2D eigenvalue weighted by Crippen LogP contribution is 2.12. The van der Waals surface area contributed by atoms with Gasteiger partial charge in [0.05, 0.1) is 6.10 Å². The fourth-order valence-electron chi connectivity index (χ4n) is 2.15. The number of hydrogen-bond donors (Lipinski definition) is 2. The number of hydrogen-bond acceptors (Lipinski definition) is 3. The Morgan fingerprint density at radius 2 is 1.95 bits per heavy atom. The molecule has 2 N–H and O–H groups in total. The fraction of sp³-hybridized carbons (Fsp3) is 0.467. The zero-order chi connectivity index (χ0) is 15.1. The van der Waals surface area contributed by atoms with Crippen molar-refractivity contribution in [3.05, 3.63) is 48.1 Å². The first kappa shape index (κ1) is 16.8. The van der Waals surface area contributed by atoms with Crippen LogP contribution in [0, 0.1) is 11.6 Å². The van der Waals surface area contributed by atoms with Crippen molar-refractivity contribution in [3.8, 4) is 0 Å². The van der Waals surface area contributed by atoms with E-state index in [9.17, 15) is 13.9 Å². The molecule has 0 saturated heterocycles. The molecule has 3 nitrogen and oxygen atoms in total. The summed E-state index contributed by atoms with van der Waals surface area (Å²) in [6.07, 6.45) is 1.47. The van der Waals surface area contributed by atoms with E-state index in [4.69, 9.17) is 0 Å². The molecule has 112 valence electrons. The first-order valence-corrected chi connectivity index (χ1v) is 6.56. The van der Waals surface area contributed by atoms with Crippen LogP contribution in [-0.2, 0) is 6.42 Å². The van der Waals surface area contributed by atoms with Crippen molar-refractivity contribution < 1.29 is 13.9 Å². The van der Waals surface area contributed by atoms with Gasteiger partial charge in [-0.15, -0.1) is 6.58 Å². The Kier molecular flexibility index (Phi) is 6.78. The van der Waals surface area contributed by atoms with Crippen molar-refractivity contribution in [1.29, 1.82) is 0 Å². The molecule has 0 unspecified atom stereocenters. The minimum Gasteiger partial charge on any atom is -0.390 e. The average Bonchev–Trinajstić information content (AvgIpc) is 2.34. The van der Waals surface area contributed by atoms with Crippen molar-refractivity contribution in [3.63, 3.8) is 0 Å². The molecule has 0 heterocycles. The smallest absolute Gasteiger partial charge is 0.126 e. The van der Waals surface area contributed by atoms with Crippen molar-refractivity contribution >= 4 is 0 Å². The fourth-order valence-corrected chi connectivity index (χ4v) is 2.15. The number of rotatable bonds is 8. The maximum Gasteiger partial charge on any atom is 0.126 e. The van der Waals surface area contributed by atoms with Crippen LogP contribution >= 0.6 is 0 Å².